The number of halogens is 1. The molecule has 0 radical (unpaired) electrons. The molecule has 1 aliphatic rings. The molecule has 0 atom stereocenters. The first-order valence-corrected chi connectivity index (χ1v) is 8.21. The number of hydrogen-bond donors (Lipinski definition) is 3. The van der Waals surface area contributed by atoms with E-state index in [1.165, 1.54) is 12.1 Å². The molecule has 0 saturated heterocycles. The molecule has 2 amide bonds. The van der Waals surface area contributed by atoms with Gasteiger partial charge in [-0.2, -0.15) is 0 Å². The van der Waals surface area contributed by atoms with E-state index in [4.69, 9.17) is 9.84 Å². The molecule has 0 aromatic heterocycles. The summed E-state index contributed by atoms with van der Waals surface area (Å²) in [5.41, 5.74) is 0. The van der Waals surface area contributed by atoms with Crippen molar-refractivity contribution in [2.75, 3.05) is 19.8 Å². The average molecular weight is 324 g/mol. The van der Waals surface area contributed by atoms with Gasteiger partial charge in [0.15, 0.2) is 0 Å². The smallest absolute Gasteiger partial charge is 0.315 e. The van der Waals surface area contributed by atoms with Gasteiger partial charge in [0.05, 0.1) is 6.61 Å². The van der Waals surface area contributed by atoms with Gasteiger partial charge in [-0.3, -0.25) is 0 Å². The highest BCUT2D eigenvalue weighted by atomic mass is 19.1. The largest absolute Gasteiger partial charge is 0.494 e. The van der Waals surface area contributed by atoms with Gasteiger partial charge < -0.3 is 20.5 Å². The third-order valence-corrected chi connectivity index (χ3v) is 4.13. The van der Waals surface area contributed by atoms with Crippen molar-refractivity contribution in [1.82, 2.24) is 10.6 Å². The van der Waals surface area contributed by atoms with Gasteiger partial charge in [0, 0.05) is 19.2 Å². The zero-order chi connectivity index (χ0) is 16.5. The topological polar surface area (TPSA) is 70.6 Å². The van der Waals surface area contributed by atoms with Crippen LogP contribution in [0.25, 0.3) is 0 Å². The molecular formula is C17H25FN2O3. The second kappa shape index (κ2) is 9.35. The second-order valence-electron chi connectivity index (χ2n) is 5.96. The van der Waals surface area contributed by atoms with E-state index in [0.29, 0.717) is 31.2 Å². The van der Waals surface area contributed by atoms with Crippen LogP contribution in [0.2, 0.25) is 0 Å². The average Bonchev–Trinajstić information content (AvgIpc) is 2.57. The predicted octanol–water partition coefficient (Wildman–Crippen LogP) is 2.44. The number of hydrogen-bond acceptors (Lipinski definition) is 3. The van der Waals surface area contributed by atoms with Crippen LogP contribution < -0.4 is 15.4 Å². The minimum absolute atomic E-state index is 0.153. The lowest BCUT2D eigenvalue weighted by atomic mass is 9.87. The fraction of sp³-hybridized carbons (Fsp3) is 0.588. The van der Waals surface area contributed by atoms with Gasteiger partial charge in [0.2, 0.25) is 0 Å². The summed E-state index contributed by atoms with van der Waals surface area (Å²) >= 11 is 0. The van der Waals surface area contributed by atoms with Crippen LogP contribution in [0.15, 0.2) is 24.3 Å². The van der Waals surface area contributed by atoms with Crippen molar-refractivity contribution in [2.24, 2.45) is 5.92 Å². The Kier molecular flexibility index (Phi) is 7.13. The van der Waals surface area contributed by atoms with Crippen molar-refractivity contribution in [3.63, 3.8) is 0 Å². The molecule has 6 heteroatoms. The molecular weight excluding hydrogens is 299 g/mol. The zero-order valence-corrected chi connectivity index (χ0v) is 13.3. The van der Waals surface area contributed by atoms with Crippen LogP contribution in [0.1, 0.15) is 32.1 Å². The zero-order valence-electron chi connectivity index (χ0n) is 13.3. The molecule has 1 aliphatic carbocycles. The molecule has 1 aromatic carbocycles. The number of benzene rings is 1. The summed E-state index contributed by atoms with van der Waals surface area (Å²) in [6, 6.07) is 5.92. The molecule has 1 aromatic rings. The SMILES string of the molecule is O=C(NCCCOc1ccc(F)cc1)NC1CCC(CO)CC1. The van der Waals surface area contributed by atoms with E-state index in [9.17, 15) is 9.18 Å². The van der Waals surface area contributed by atoms with Crippen LogP contribution >= 0.6 is 0 Å². The molecule has 1 fully saturated rings. The van der Waals surface area contributed by atoms with Crippen molar-refractivity contribution in [3.8, 4) is 5.75 Å². The molecule has 0 unspecified atom stereocenters. The first-order valence-electron chi connectivity index (χ1n) is 8.21. The highest BCUT2D eigenvalue weighted by molar-refractivity contribution is 5.74. The third-order valence-electron chi connectivity index (χ3n) is 4.13. The van der Waals surface area contributed by atoms with E-state index in [0.717, 1.165) is 25.7 Å². The molecule has 128 valence electrons. The molecule has 0 heterocycles. The maximum Gasteiger partial charge on any atom is 0.315 e. The Balaban J connectivity index is 1.52. The summed E-state index contributed by atoms with van der Waals surface area (Å²) in [6.07, 6.45) is 4.46. The number of aliphatic hydroxyl groups is 1. The fourth-order valence-electron chi connectivity index (χ4n) is 2.72. The van der Waals surface area contributed by atoms with E-state index in [-0.39, 0.29) is 24.5 Å². The van der Waals surface area contributed by atoms with Gasteiger partial charge in [-0.05, 0) is 62.3 Å². The normalized spacial score (nSPS) is 20.8. The Hall–Kier alpha value is -1.82. The van der Waals surface area contributed by atoms with Gasteiger partial charge in [0.25, 0.3) is 0 Å². The minimum Gasteiger partial charge on any atom is -0.494 e. The number of urea groups is 1. The summed E-state index contributed by atoms with van der Waals surface area (Å²) < 4.78 is 18.2. The third kappa shape index (κ3) is 6.44. The molecule has 0 spiro atoms. The van der Waals surface area contributed by atoms with E-state index in [1.807, 2.05) is 0 Å². The van der Waals surface area contributed by atoms with Gasteiger partial charge in [-0.15, -0.1) is 0 Å². The van der Waals surface area contributed by atoms with Crippen molar-refractivity contribution in [2.45, 2.75) is 38.1 Å². The number of ether oxygens (including phenoxy) is 1. The van der Waals surface area contributed by atoms with Crippen molar-refractivity contribution < 1.29 is 19.0 Å². The lowest BCUT2D eigenvalue weighted by Gasteiger charge is -2.27. The van der Waals surface area contributed by atoms with Gasteiger partial charge in [-0.1, -0.05) is 0 Å². The maximum absolute atomic E-state index is 12.7. The first kappa shape index (κ1) is 17.5. The number of carbonyl (C=O) groups is 1. The first-order chi connectivity index (χ1) is 11.2. The highest BCUT2D eigenvalue weighted by Crippen LogP contribution is 2.23. The number of nitrogens with one attached hydrogen (secondary N) is 2. The molecule has 0 aliphatic heterocycles. The monoisotopic (exact) mass is 324 g/mol. The summed E-state index contributed by atoms with van der Waals surface area (Å²) in [7, 11) is 0. The summed E-state index contributed by atoms with van der Waals surface area (Å²) in [5.74, 6) is 0.722. The van der Waals surface area contributed by atoms with Crippen LogP contribution in [0.4, 0.5) is 9.18 Å². The number of carbonyl (C=O) groups excluding carboxylic acids is 1. The molecule has 5 nitrogen and oxygen atoms in total. The van der Waals surface area contributed by atoms with Crippen LogP contribution in [0.3, 0.4) is 0 Å². The fourth-order valence-corrected chi connectivity index (χ4v) is 2.72. The van der Waals surface area contributed by atoms with Gasteiger partial charge in [-0.25, -0.2) is 9.18 Å². The van der Waals surface area contributed by atoms with E-state index in [2.05, 4.69) is 10.6 Å². The molecule has 23 heavy (non-hydrogen) atoms. The highest BCUT2D eigenvalue weighted by Gasteiger charge is 2.21. The number of aliphatic hydroxyl groups excluding tert-OH is 1. The Morgan fingerprint density at radius 3 is 2.57 bits per heavy atom. The number of amides is 2. The number of rotatable bonds is 7. The lowest BCUT2D eigenvalue weighted by molar-refractivity contribution is 0.174. The van der Waals surface area contributed by atoms with Crippen molar-refractivity contribution >= 4 is 6.03 Å². The van der Waals surface area contributed by atoms with Crippen LogP contribution in [0.5, 0.6) is 5.75 Å². The molecule has 1 saturated carbocycles. The Morgan fingerprint density at radius 2 is 1.91 bits per heavy atom. The quantitative estimate of drug-likeness (QED) is 0.675. The Labute approximate surface area is 136 Å². The lowest BCUT2D eigenvalue weighted by Crippen LogP contribution is -2.44. The summed E-state index contributed by atoms with van der Waals surface area (Å²) in [4.78, 5) is 11.8. The van der Waals surface area contributed by atoms with Crippen molar-refractivity contribution in [3.05, 3.63) is 30.1 Å². The molecule has 2 rings (SSSR count). The van der Waals surface area contributed by atoms with E-state index < -0.39 is 0 Å². The van der Waals surface area contributed by atoms with Crippen LogP contribution in [0, 0.1) is 11.7 Å². The second-order valence-corrected chi connectivity index (χ2v) is 5.96. The van der Waals surface area contributed by atoms with E-state index >= 15 is 0 Å². The van der Waals surface area contributed by atoms with Gasteiger partial charge in [0.1, 0.15) is 11.6 Å². The Bertz CT molecular complexity index is 473. The predicted molar refractivity (Wildman–Crippen MR) is 85.9 cm³/mol. The van der Waals surface area contributed by atoms with Crippen LogP contribution in [-0.2, 0) is 0 Å². The standard InChI is InChI=1S/C17H25FN2O3/c18-14-4-8-16(9-5-14)23-11-1-10-19-17(22)20-15-6-2-13(12-21)3-7-15/h4-5,8-9,13,15,21H,1-3,6-7,10-12H2,(H2,19,20,22). The Morgan fingerprint density at radius 1 is 1.22 bits per heavy atom. The minimum atomic E-state index is -0.288. The molecule has 3 N–H and O–H groups in total. The van der Waals surface area contributed by atoms with Crippen LogP contribution in [-0.4, -0.2) is 36.9 Å². The van der Waals surface area contributed by atoms with Gasteiger partial charge >= 0.3 is 6.03 Å². The summed E-state index contributed by atoms with van der Waals surface area (Å²) in [5, 5.41) is 14.9. The summed E-state index contributed by atoms with van der Waals surface area (Å²) in [6.45, 7) is 1.24. The maximum atomic E-state index is 12.7. The van der Waals surface area contributed by atoms with Crippen molar-refractivity contribution in [1.29, 1.82) is 0 Å². The molecule has 0 bridgehead atoms. The van der Waals surface area contributed by atoms with E-state index in [1.54, 1.807) is 12.1 Å².